The number of carbonyl (C=O) groups excluding carboxylic acids is 1. The monoisotopic (exact) mass is 322 g/mol. The number of fused-ring (bicyclic) bond motifs is 1. The van der Waals surface area contributed by atoms with Crippen molar-refractivity contribution in [3.05, 3.63) is 29.7 Å². The Morgan fingerprint density at radius 3 is 2.96 bits per heavy atom. The van der Waals surface area contributed by atoms with Gasteiger partial charge in [-0.2, -0.15) is 0 Å². The third-order valence-corrected chi connectivity index (χ3v) is 3.78. The molecule has 1 aliphatic rings. The van der Waals surface area contributed by atoms with E-state index in [4.69, 9.17) is 14.6 Å². The van der Waals surface area contributed by atoms with E-state index in [0.29, 0.717) is 11.1 Å². The van der Waals surface area contributed by atoms with E-state index in [1.54, 1.807) is 0 Å². The van der Waals surface area contributed by atoms with Crippen LogP contribution in [-0.4, -0.2) is 59.8 Å². The zero-order chi connectivity index (χ0) is 16.6. The van der Waals surface area contributed by atoms with Crippen LogP contribution in [0.4, 0.5) is 4.39 Å². The number of amides is 1. The van der Waals surface area contributed by atoms with Crippen LogP contribution in [0.3, 0.4) is 0 Å². The third-order valence-electron chi connectivity index (χ3n) is 3.78. The van der Waals surface area contributed by atoms with Crippen molar-refractivity contribution < 1.29 is 28.6 Å². The Bertz CT molecular complexity index is 773. The average molecular weight is 322 g/mol. The first kappa shape index (κ1) is 15.3. The van der Waals surface area contributed by atoms with Gasteiger partial charge in [-0.3, -0.25) is 4.79 Å². The molecule has 0 saturated carbocycles. The number of hydrogen-bond donors (Lipinski definition) is 2. The van der Waals surface area contributed by atoms with Crippen LogP contribution < -0.4 is 4.74 Å². The maximum atomic E-state index is 13.9. The Labute approximate surface area is 130 Å². The SMILES string of the molecule is COc1ccc(F)c2[nH]c(C(=O)N3CCOC(C(=O)O)C3)cc12. The van der Waals surface area contributed by atoms with Crippen molar-refractivity contribution in [1.29, 1.82) is 0 Å². The molecule has 1 fully saturated rings. The second kappa shape index (κ2) is 5.88. The van der Waals surface area contributed by atoms with E-state index in [1.807, 2.05) is 0 Å². The maximum Gasteiger partial charge on any atom is 0.334 e. The predicted molar refractivity (Wildman–Crippen MR) is 78.1 cm³/mol. The highest BCUT2D eigenvalue weighted by atomic mass is 19.1. The highest BCUT2D eigenvalue weighted by molar-refractivity contribution is 6.00. The number of rotatable bonds is 3. The lowest BCUT2D eigenvalue weighted by Crippen LogP contribution is -2.48. The predicted octanol–water partition coefficient (Wildman–Crippen LogP) is 1.24. The lowest BCUT2D eigenvalue weighted by atomic mass is 10.2. The Kier molecular flexibility index (Phi) is 3.91. The average Bonchev–Trinajstić information content (AvgIpc) is 3.01. The number of carbonyl (C=O) groups is 2. The van der Waals surface area contributed by atoms with Crippen molar-refractivity contribution >= 4 is 22.8 Å². The van der Waals surface area contributed by atoms with E-state index in [9.17, 15) is 14.0 Å². The zero-order valence-electron chi connectivity index (χ0n) is 12.3. The first-order chi connectivity index (χ1) is 11.0. The number of benzene rings is 1. The summed E-state index contributed by atoms with van der Waals surface area (Å²) in [4.78, 5) is 27.6. The lowest BCUT2D eigenvalue weighted by molar-refractivity contribution is -0.154. The van der Waals surface area contributed by atoms with Gasteiger partial charge in [0.05, 0.1) is 25.8 Å². The molecule has 1 aromatic carbocycles. The molecule has 2 aromatic rings. The zero-order valence-corrected chi connectivity index (χ0v) is 12.3. The minimum atomic E-state index is -1.12. The molecule has 1 unspecified atom stereocenters. The summed E-state index contributed by atoms with van der Waals surface area (Å²) >= 11 is 0. The van der Waals surface area contributed by atoms with Crippen LogP contribution in [0, 0.1) is 5.82 Å². The second-order valence-corrected chi connectivity index (χ2v) is 5.17. The van der Waals surface area contributed by atoms with E-state index in [-0.39, 0.29) is 30.9 Å². The van der Waals surface area contributed by atoms with Gasteiger partial charge in [0.1, 0.15) is 17.3 Å². The molecule has 23 heavy (non-hydrogen) atoms. The Morgan fingerprint density at radius 1 is 1.48 bits per heavy atom. The van der Waals surface area contributed by atoms with E-state index >= 15 is 0 Å². The van der Waals surface area contributed by atoms with Crippen LogP contribution in [0.2, 0.25) is 0 Å². The van der Waals surface area contributed by atoms with E-state index in [2.05, 4.69) is 4.98 Å². The Hall–Kier alpha value is -2.61. The second-order valence-electron chi connectivity index (χ2n) is 5.17. The molecule has 1 aromatic heterocycles. The number of H-pyrrole nitrogens is 1. The number of carboxylic acids is 1. The van der Waals surface area contributed by atoms with Crippen molar-refractivity contribution in [2.24, 2.45) is 0 Å². The van der Waals surface area contributed by atoms with Crippen LogP contribution >= 0.6 is 0 Å². The van der Waals surface area contributed by atoms with Gasteiger partial charge in [-0.25, -0.2) is 9.18 Å². The van der Waals surface area contributed by atoms with E-state index in [1.165, 1.54) is 30.2 Å². The smallest absolute Gasteiger partial charge is 0.334 e. The standard InChI is InChI=1S/C15H15FN2O5/c1-22-11-3-2-9(16)13-8(11)6-10(17-13)14(19)18-4-5-23-12(7-18)15(20)21/h2-3,6,12,17H,4-5,7H2,1H3,(H,20,21). The summed E-state index contributed by atoms with van der Waals surface area (Å²) in [6.45, 7) is 0.362. The summed E-state index contributed by atoms with van der Waals surface area (Å²) in [6, 6.07) is 4.24. The summed E-state index contributed by atoms with van der Waals surface area (Å²) in [5, 5.41) is 9.45. The molecule has 2 heterocycles. The van der Waals surface area contributed by atoms with Gasteiger partial charge in [0, 0.05) is 11.9 Å². The number of carboxylic acid groups (broad SMARTS) is 1. The molecule has 3 rings (SSSR count). The number of hydrogen-bond acceptors (Lipinski definition) is 4. The van der Waals surface area contributed by atoms with Crippen molar-refractivity contribution in [3.8, 4) is 5.75 Å². The van der Waals surface area contributed by atoms with Gasteiger partial charge in [0.2, 0.25) is 0 Å². The van der Waals surface area contributed by atoms with Gasteiger partial charge in [-0.05, 0) is 18.2 Å². The molecular formula is C15H15FN2O5. The lowest BCUT2D eigenvalue weighted by Gasteiger charge is -2.30. The molecule has 2 N–H and O–H groups in total. The molecular weight excluding hydrogens is 307 g/mol. The van der Waals surface area contributed by atoms with Gasteiger partial charge in [-0.1, -0.05) is 0 Å². The molecule has 0 spiro atoms. The number of methoxy groups -OCH3 is 1. The first-order valence-electron chi connectivity index (χ1n) is 7.00. The fraction of sp³-hybridized carbons (Fsp3) is 0.333. The van der Waals surface area contributed by atoms with Gasteiger partial charge in [0.25, 0.3) is 5.91 Å². The van der Waals surface area contributed by atoms with Crippen molar-refractivity contribution in [3.63, 3.8) is 0 Å². The molecule has 0 aliphatic carbocycles. The van der Waals surface area contributed by atoms with E-state index < -0.39 is 23.8 Å². The minimum absolute atomic E-state index is 0.0524. The number of halogens is 1. The van der Waals surface area contributed by atoms with Crippen molar-refractivity contribution in [2.45, 2.75) is 6.10 Å². The fourth-order valence-corrected chi connectivity index (χ4v) is 2.61. The van der Waals surface area contributed by atoms with Gasteiger partial charge in [-0.15, -0.1) is 0 Å². The molecule has 1 saturated heterocycles. The van der Waals surface area contributed by atoms with Crippen LogP contribution in [-0.2, 0) is 9.53 Å². The quantitative estimate of drug-likeness (QED) is 0.887. The Morgan fingerprint density at radius 2 is 2.26 bits per heavy atom. The fourth-order valence-electron chi connectivity index (χ4n) is 2.61. The van der Waals surface area contributed by atoms with Gasteiger partial charge in [0.15, 0.2) is 6.10 Å². The highest BCUT2D eigenvalue weighted by Gasteiger charge is 2.30. The van der Waals surface area contributed by atoms with Crippen molar-refractivity contribution in [2.75, 3.05) is 26.8 Å². The molecule has 1 atom stereocenters. The number of nitrogens with zero attached hydrogens (tertiary/aromatic N) is 1. The molecule has 1 aliphatic heterocycles. The Balaban J connectivity index is 1.92. The largest absolute Gasteiger partial charge is 0.496 e. The van der Waals surface area contributed by atoms with Crippen LogP contribution in [0.25, 0.3) is 10.9 Å². The number of aromatic amines is 1. The molecule has 8 heteroatoms. The summed E-state index contributed by atoms with van der Waals surface area (Å²) in [5.41, 5.74) is 0.352. The van der Waals surface area contributed by atoms with Crippen LogP contribution in [0.15, 0.2) is 18.2 Å². The maximum absolute atomic E-state index is 13.9. The van der Waals surface area contributed by atoms with Gasteiger partial charge < -0.3 is 24.5 Å². The number of nitrogens with one attached hydrogen (secondary N) is 1. The summed E-state index contributed by atoms with van der Waals surface area (Å²) in [7, 11) is 1.46. The molecule has 122 valence electrons. The third kappa shape index (κ3) is 2.72. The van der Waals surface area contributed by atoms with Crippen LogP contribution in [0.1, 0.15) is 10.5 Å². The number of aromatic nitrogens is 1. The number of ether oxygens (including phenoxy) is 2. The summed E-state index contributed by atoms with van der Waals surface area (Å²) < 4.78 is 24.1. The topological polar surface area (TPSA) is 91.9 Å². The van der Waals surface area contributed by atoms with Crippen molar-refractivity contribution in [1.82, 2.24) is 9.88 Å². The number of aliphatic carboxylic acids is 1. The summed E-state index contributed by atoms with van der Waals surface area (Å²) in [6.07, 6.45) is -1.05. The molecule has 1 amide bonds. The van der Waals surface area contributed by atoms with Crippen LogP contribution in [0.5, 0.6) is 5.75 Å². The normalized spacial score (nSPS) is 18.2. The molecule has 0 radical (unpaired) electrons. The minimum Gasteiger partial charge on any atom is -0.496 e. The number of morpholine rings is 1. The van der Waals surface area contributed by atoms with E-state index in [0.717, 1.165) is 0 Å². The highest BCUT2D eigenvalue weighted by Crippen LogP contribution is 2.29. The summed E-state index contributed by atoms with van der Waals surface area (Å²) in [5.74, 6) is -1.57. The van der Waals surface area contributed by atoms with Gasteiger partial charge >= 0.3 is 5.97 Å². The molecule has 0 bridgehead atoms. The first-order valence-corrected chi connectivity index (χ1v) is 7.00. The molecule has 7 nitrogen and oxygen atoms in total.